The fourth-order valence-corrected chi connectivity index (χ4v) is 3.25. The van der Waals surface area contributed by atoms with E-state index in [9.17, 15) is 18.0 Å². The number of guanidine groups is 1. The number of benzene rings is 1. The lowest BCUT2D eigenvalue weighted by molar-refractivity contribution is -0.181. The lowest BCUT2D eigenvalue weighted by atomic mass is 10.2. The Morgan fingerprint density at radius 1 is 1.16 bits per heavy atom. The van der Waals surface area contributed by atoms with E-state index in [1.165, 1.54) is 11.8 Å². The molecule has 174 valence electrons. The number of carbonyl (C=O) groups excluding carboxylic acids is 1. The minimum atomic E-state index is -4.22. The van der Waals surface area contributed by atoms with Gasteiger partial charge in [-0.25, -0.2) is 4.99 Å². The van der Waals surface area contributed by atoms with E-state index in [0.29, 0.717) is 57.5 Å². The number of piperazine rings is 1. The van der Waals surface area contributed by atoms with Gasteiger partial charge in [0.15, 0.2) is 12.6 Å². The third-order valence-electron chi connectivity index (χ3n) is 5.02. The number of halogens is 3. The van der Waals surface area contributed by atoms with Gasteiger partial charge in [-0.1, -0.05) is 12.1 Å². The van der Waals surface area contributed by atoms with E-state index in [2.05, 4.69) is 15.6 Å². The van der Waals surface area contributed by atoms with Crippen molar-refractivity contribution in [2.24, 2.45) is 4.99 Å². The van der Waals surface area contributed by atoms with Crippen molar-refractivity contribution in [2.45, 2.75) is 39.5 Å². The second-order valence-electron chi connectivity index (χ2n) is 7.30. The highest BCUT2D eigenvalue weighted by Gasteiger charge is 2.41. The van der Waals surface area contributed by atoms with E-state index < -0.39 is 12.2 Å². The van der Waals surface area contributed by atoms with Crippen molar-refractivity contribution < 1.29 is 22.7 Å². The fourth-order valence-electron chi connectivity index (χ4n) is 3.25. The van der Waals surface area contributed by atoms with Crippen LogP contribution in [-0.2, 0) is 11.3 Å². The van der Waals surface area contributed by atoms with Crippen molar-refractivity contribution in [1.29, 1.82) is 0 Å². The van der Waals surface area contributed by atoms with E-state index in [-0.39, 0.29) is 12.5 Å². The largest absolute Gasteiger partial charge is 0.484 e. The molecule has 0 saturated carbocycles. The minimum absolute atomic E-state index is 0.0518. The topological polar surface area (TPSA) is 69.2 Å². The van der Waals surface area contributed by atoms with E-state index in [1.807, 2.05) is 36.9 Å². The highest BCUT2D eigenvalue weighted by atomic mass is 19.4. The van der Waals surface area contributed by atoms with Crippen LogP contribution in [0, 0.1) is 0 Å². The molecule has 1 unspecified atom stereocenters. The second-order valence-corrected chi connectivity index (χ2v) is 7.30. The SMILES string of the molecule is CCNC(=O)COc1cccc(CN=C(NCC)N2CCN(C(C)C(F)(F)F)CC2)c1. The van der Waals surface area contributed by atoms with Gasteiger partial charge in [-0.05, 0) is 38.5 Å². The minimum Gasteiger partial charge on any atom is -0.484 e. The van der Waals surface area contributed by atoms with Crippen LogP contribution in [0.5, 0.6) is 5.75 Å². The van der Waals surface area contributed by atoms with Crippen LogP contribution < -0.4 is 15.4 Å². The molecule has 1 saturated heterocycles. The summed E-state index contributed by atoms with van der Waals surface area (Å²) < 4.78 is 44.4. The van der Waals surface area contributed by atoms with Gasteiger partial charge in [0.05, 0.1) is 6.54 Å². The van der Waals surface area contributed by atoms with Gasteiger partial charge in [0.2, 0.25) is 0 Å². The molecule has 0 bridgehead atoms. The monoisotopic (exact) mass is 443 g/mol. The third-order valence-corrected chi connectivity index (χ3v) is 5.02. The number of carbonyl (C=O) groups is 1. The summed E-state index contributed by atoms with van der Waals surface area (Å²) in [5.74, 6) is 1.08. The Kier molecular flexibility index (Phi) is 9.42. The molecular formula is C21H32F3N5O2. The van der Waals surface area contributed by atoms with E-state index in [4.69, 9.17) is 4.74 Å². The summed E-state index contributed by atoms with van der Waals surface area (Å²) in [6.07, 6.45) is -4.22. The predicted molar refractivity (Wildman–Crippen MR) is 114 cm³/mol. The van der Waals surface area contributed by atoms with Crippen molar-refractivity contribution in [2.75, 3.05) is 45.9 Å². The molecule has 0 aliphatic carbocycles. The Morgan fingerprint density at radius 3 is 2.45 bits per heavy atom. The first-order chi connectivity index (χ1) is 14.7. The maximum Gasteiger partial charge on any atom is 0.403 e. The lowest BCUT2D eigenvalue weighted by Gasteiger charge is -2.39. The van der Waals surface area contributed by atoms with Gasteiger partial charge in [0, 0.05) is 39.3 Å². The first kappa shape index (κ1) is 24.8. The molecule has 1 heterocycles. The number of aliphatic imine (C=N–C) groups is 1. The fraction of sp³-hybridized carbons (Fsp3) is 0.619. The van der Waals surface area contributed by atoms with Crippen LogP contribution in [0.2, 0.25) is 0 Å². The molecule has 1 amide bonds. The average molecular weight is 444 g/mol. The first-order valence-electron chi connectivity index (χ1n) is 10.6. The maximum atomic E-state index is 13.0. The van der Waals surface area contributed by atoms with Crippen LogP contribution in [0.1, 0.15) is 26.3 Å². The Bertz CT molecular complexity index is 734. The number of amides is 1. The van der Waals surface area contributed by atoms with Crippen LogP contribution >= 0.6 is 0 Å². The summed E-state index contributed by atoms with van der Waals surface area (Å²) >= 11 is 0. The van der Waals surface area contributed by atoms with Crippen molar-refractivity contribution in [3.05, 3.63) is 29.8 Å². The molecule has 1 aromatic carbocycles. The zero-order chi connectivity index (χ0) is 22.9. The van der Waals surface area contributed by atoms with Crippen LogP contribution in [0.4, 0.5) is 13.2 Å². The van der Waals surface area contributed by atoms with Gasteiger partial charge >= 0.3 is 6.18 Å². The molecule has 1 aliphatic rings. The maximum absolute atomic E-state index is 13.0. The van der Waals surface area contributed by atoms with Gasteiger partial charge in [-0.15, -0.1) is 0 Å². The summed E-state index contributed by atoms with van der Waals surface area (Å²) in [5, 5.41) is 5.89. The summed E-state index contributed by atoms with van der Waals surface area (Å²) in [5.41, 5.74) is 0.910. The van der Waals surface area contributed by atoms with Gasteiger partial charge in [0.1, 0.15) is 11.8 Å². The summed E-state index contributed by atoms with van der Waals surface area (Å²) in [4.78, 5) is 19.6. The predicted octanol–water partition coefficient (Wildman–Crippen LogP) is 2.24. The molecule has 1 fully saturated rings. The van der Waals surface area contributed by atoms with E-state index in [1.54, 1.807) is 6.07 Å². The number of alkyl halides is 3. The number of nitrogens with one attached hydrogen (secondary N) is 2. The quantitative estimate of drug-likeness (QED) is 0.477. The standard InChI is InChI=1S/C21H32F3N5O2/c1-4-25-19(30)15-31-18-8-6-7-17(13-18)14-27-20(26-5-2)29-11-9-28(10-12-29)16(3)21(22,23)24/h6-8,13,16H,4-5,9-12,14-15H2,1-3H3,(H,25,30)(H,26,27). The molecule has 2 N–H and O–H groups in total. The lowest BCUT2D eigenvalue weighted by Crippen LogP contribution is -2.56. The summed E-state index contributed by atoms with van der Waals surface area (Å²) in [6.45, 7) is 8.15. The Balaban J connectivity index is 1.96. The number of hydrogen-bond donors (Lipinski definition) is 2. The van der Waals surface area contributed by atoms with Crippen LogP contribution in [-0.4, -0.2) is 79.8 Å². The number of likely N-dealkylation sites (N-methyl/N-ethyl adjacent to an activating group) is 1. The third kappa shape index (κ3) is 7.93. The molecule has 1 aliphatic heterocycles. The van der Waals surface area contributed by atoms with Crippen LogP contribution in [0.3, 0.4) is 0 Å². The molecule has 31 heavy (non-hydrogen) atoms. The molecule has 1 atom stereocenters. The molecule has 2 rings (SSSR count). The van der Waals surface area contributed by atoms with Crippen molar-refractivity contribution in [3.63, 3.8) is 0 Å². The smallest absolute Gasteiger partial charge is 0.403 e. The Labute approximate surface area is 181 Å². The number of rotatable bonds is 8. The molecule has 1 aromatic rings. The second kappa shape index (κ2) is 11.8. The number of hydrogen-bond acceptors (Lipinski definition) is 4. The van der Waals surface area contributed by atoms with Crippen LogP contribution in [0.15, 0.2) is 29.3 Å². The Hall–Kier alpha value is -2.49. The zero-order valence-electron chi connectivity index (χ0n) is 18.3. The summed E-state index contributed by atoms with van der Waals surface area (Å²) in [6, 6.07) is 5.90. The van der Waals surface area contributed by atoms with Crippen LogP contribution in [0.25, 0.3) is 0 Å². The van der Waals surface area contributed by atoms with E-state index in [0.717, 1.165) is 5.56 Å². The van der Waals surface area contributed by atoms with Gasteiger partial charge in [0.25, 0.3) is 5.91 Å². The van der Waals surface area contributed by atoms with Crippen molar-refractivity contribution in [3.8, 4) is 5.75 Å². The van der Waals surface area contributed by atoms with Crippen molar-refractivity contribution in [1.82, 2.24) is 20.4 Å². The highest BCUT2D eigenvalue weighted by Crippen LogP contribution is 2.25. The van der Waals surface area contributed by atoms with E-state index >= 15 is 0 Å². The molecule has 10 heteroatoms. The normalized spacial score (nSPS) is 16.7. The summed E-state index contributed by atoms with van der Waals surface area (Å²) in [7, 11) is 0. The molecule has 7 nitrogen and oxygen atoms in total. The number of nitrogens with zero attached hydrogens (tertiary/aromatic N) is 3. The van der Waals surface area contributed by atoms with Crippen molar-refractivity contribution >= 4 is 11.9 Å². The highest BCUT2D eigenvalue weighted by molar-refractivity contribution is 5.80. The Morgan fingerprint density at radius 2 is 1.84 bits per heavy atom. The molecular weight excluding hydrogens is 411 g/mol. The zero-order valence-corrected chi connectivity index (χ0v) is 18.3. The molecule has 0 radical (unpaired) electrons. The van der Waals surface area contributed by atoms with Gasteiger partial charge in [-0.3, -0.25) is 9.69 Å². The van der Waals surface area contributed by atoms with Gasteiger partial charge in [-0.2, -0.15) is 13.2 Å². The molecule has 0 aromatic heterocycles. The molecule has 0 spiro atoms. The average Bonchev–Trinajstić information content (AvgIpc) is 2.75. The first-order valence-corrected chi connectivity index (χ1v) is 10.6. The number of ether oxygens (including phenoxy) is 1. The van der Waals surface area contributed by atoms with Gasteiger partial charge < -0.3 is 20.3 Å².